The van der Waals surface area contributed by atoms with Crippen molar-refractivity contribution < 1.29 is 4.79 Å². The minimum Gasteiger partial charge on any atom is -0.305 e. The Morgan fingerprint density at radius 3 is 2.80 bits per heavy atom. The first-order valence-electron chi connectivity index (χ1n) is 6.14. The first-order valence-corrected chi connectivity index (χ1v) is 7.75. The molecule has 0 unspecified atom stereocenters. The highest BCUT2D eigenvalue weighted by Gasteiger charge is 2.21. The van der Waals surface area contributed by atoms with Gasteiger partial charge in [-0.15, -0.1) is 6.42 Å². The van der Waals surface area contributed by atoms with Crippen LogP contribution in [0.2, 0.25) is 0 Å². The number of thiazole rings is 1. The Balaban J connectivity index is 2.70. The van der Waals surface area contributed by atoms with E-state index in [0.717, 1.165) is 14.7 Å². The lowest BCUT2D eigenvalue weighted by atomic mass is 9.96. The molecule has 0 atom stereocenters. The highest BCUT2D eigenvalue weighted by Crippen LogP contribution is 2.22. The van der Waals surface area contributed by atoms with Crippen LogP contribution in [0.4, 0.5) is 0 Å². The van der Waals surface area contributed by atoms with E-state index >= 15 is 0 Å². The Hall–Kier alpha value is -1.38. The van der Waals surface area contributed by atoms with Crippen molar-refractivity contribution in [1.82, 2.24) is 4.57 Å². The fourth-order valence-electron chi connectivity index (χ4n) is 1.63. The molecule has 0 spiro atoms. The predicted octanol–water partition coefficient (Wildman–Crippen LogP) is 3.57. The maximum absolute atomic E-state index is 12.1. The standard InChI is InChI=1S/C15H15BrN2OS/c1-5-8-18-11-7-6-10(16)9-12(11)20-14(18)17-13(19)15(2,3)4/h1,6-7,9H,8H2,2-4H3. The number of fused-ring (bicyclic) bond motifs is 1. The largest absolute Gasteiger partial charge is 0.305 e. The summed E-state index contributed by atoms with van der Waals surface area (Å²) in [5, 5.41) is 0. The summed E-state index contributed by atoms with van der Waals surface area (Å²) in [5.74, 6) is 2.47. The lowest BCUT2D eigenvalue weighted by Crippen LogP contribution is -2.23. The summed E-state index contributed by atoms with van der Waals surface area (Å²) in [6.07, 6.45) is 5.42. The maximum atomic E-state index is 12.1. The fourth-order valence-corrected chi connectivity index (χ4v) is 3.21. The van der Waals surface area contributed by atoms with Crippen LogP contribution in [0, 0.1) is 17.8 Å². The Kier molecular flexibility index (Phi) is 4.17. The number of halogens is 1. The van der Waals surface area contributed by atoms with E-state index < -0.39 is 5.41 Å². The molecule has 0 saturated heterocycles. The van der Waals surface area contributed by atoms with Gasteiger partial charge in [-0.2, -0.15) is 4.99 Å². The molecule has 0 aliphatic rings. The van der Waals surface area contributed by atoms with Crippen LogP contribution in [0.15, 0.2) is 27.7 Å². The summed E-state index contributed by atoms with van der Waals surface area (Å²) in [6.45, 7) is 5.97. The van der Waals surface area contributed by atoms with Gasteiger partial charge in [0.05, 0.1) is 16.8 Å². The second-order valence-corrected chi connectivity index (χ2v) is 7.38. The second-order valence-electron chi connectivity index (χ2n) is 5.45. The van der Waals surface area contributed by atoms with Crippen molar-refractivity contribution in [3.8, 4) is 12.3 Å². The number of benzene rings is 1. The van der Waals surface area contributed by atoms with Crippen LogP contribution < -0.4 is 4.80 Å². The Morgan fingerprint density at radius 2 is 2.20 bits per heavy atom. The van der Waals surface area contributed by atoms with Gasteiger partial charge in [-0.1, -0.05) is 54.0 Å². The summed E-state index contributed by atoms with van der Waals surface area (Å²) in [5.41, 5.74) is 0.502. The normalized spacial score (nSPS) is 12.7. The zero-order valence-corrected chi connectivity index (χ0v) is 14.0. The van der Waals surface area contributed by atoms with E-state index in [0.29, 0.717) is 11.3 Å². The zero-order chi connectivity index (χ0) is 14.9. The molecule has 1 aromatic carbocycles. The molecule has 2 rings (SSSR count). The van der Waals surface area contributed by atoms with Crippen molar-refractivity contribution in [2.24, 2.45) is 10.4 Å². The van der Waals surface area contributed by atoms with E-state index in [9.17, 15) is 4.79 Å². The number of rotatable bonds is 1. The van der Waals surface area contributed by atoms with Crippen molar-refractivity contribution >= 4 is 43.4 Å². The first kappa shape index (κ1) is 15.0. The zero-order valence-electron chi connectivity index (χ0n) is 11.6. The smallest absolute Gasteiger partial charge is 0.253 e. The highest BCUT2D eigenvalue weighted by atomic mass is 79.9. The third kappa shape index (κ3) is 3.02. The van der Waals surface area contributed by atoms with Gasteiger partial charge in [-0.25, -0.2) is 0 Å². The van der Waals surface area contributed by atoms with Crippen LogP contribution in [-0.2, 0) is 11.3 Å². The minimum absolute atomic E-state index is 0.145. The molecule has 104 valence electrons. The Morgan fingerprint density at radius 1 is 1.50 bits per heavy atom. The van der Waals surface area contributed by atoms with Gasteiger partial charge < -0.3 is 4.57 Å². The Bertz CT molecular complexity index is 772. The minimum atomic E-state index is -0.495. The molecule has 0 aliphatic carbocycles. The number of carbonyl (C=O) groups is 1. The van der Waals surface area contributed by atoms with Crippen LogP contribution >= 0.6 is 27.3 Å². The monoisotopic (exact) mass is 350 g/mol. The molecule has 0 aliphatic heterocycles. The van der Waals surface area contributed by atoms with Crippen LogP contribution in [0.5, 0.6) is 0 Å². The van der Waals surface area contributed by atoms with Crippen molar-refractivity contribution in [2.45, 2.75) is 27.3 Å². The van der Waals surface area contributed by atoms with Gasteiger partial charge in [-0.3, -0.25) is 4.79 Å². The number of terminal acetylenes is 1. The number of carbonyl (C=O) groups excluding carboxylic acids is 1. The second kappa shape index (κ2) is 5.55. The van der Waals surface area contributed by atoms with E-state index in [1.54, 1.807) is 0 Å². The summed E-state index contributed by atoms with van der Waals surface area (Å²) in [7, 11) is 0. The maximum Gasteiger partial charge on any atom is 0.253 e. The SMILES string of the molecule is C#CCn1c(=NC(=O)C(C)(C)C)sc2cc(Br)ccc21. The average Bonchev–Trinajstić information content (AvgIpc) is 2.66. The summed E-state index contributed by atoms with van der Waals surface area (Å²) in [4.78, 5) is 17.0. The van der Waals surface area contributed by atoms with E-state index in [4.69, 9.17) is 6.42 Å². The van der Waals surface area contributed by atoms with Crippen LogP contribution in [0.3, 0.4) is 0 Å². The summed E-state index contributed by atoms with van der Waals surface area (Å²) < 4.78 is 3.94. The van der Waals surface area contributed by atoms with E-state index in [2.05, 4.69) is 26.8 Å². The molecule has 1 aromatic heterocycles. The fraction of sp³-hybridized carbons (Fsp3) is 0.333. The molecular weight excluding hydrogens is 336 g/mol. The average molecular weight is 351 g/mol. The molecule has 0 bridgehead atoms. The van der Waals surface area contributed by atoms with Crippen molar-refractivity contribution in [3.05, 3.63) is 27.5 Å². The third-order valence-corrected chi connectivity index (χ3v) is 4.27. The lowest BCUT2D eigenvalue weighted by Gasteiger charge is -2.11. The number of nitrogens with zero attached hydrogens (tertiary/aromatic N) is 2. The van der Waals surface area contributed by atoms with Gasteiger partial charge in [0.25, 0.3) is 5.91 Å². The van der Waals surface area contributed by atoms with E-state index in [-0.39, 0.29) is 5.91 Å². The van der Waals surface area contributed by atoms with Gasteiger partial charge in [0.1, 0.15) is 0 Å². The van der Waals surface area contributed by atoms with Gasteiger partial charge in [0.2, 0.25) is 0 Å². The number of hydrogen-bond acceptors (Lipinski definition) is 2. The Labute approximate surface area is 130 Å². The van der Waals surface area contributed by atoms with Crippen molar-refractivity contribution in [2.75, 3.05) is 0 Å². The molecule has 20 heavy (non-hydrogen) atoms. The van der Waals surface area contributed by atoms with Gasteiger partial charge in [-0.05, 0) is 18.2 Å². The third-order valence-electron chi connectivity index (χ3n) is 2.73. The molecule has 0 N–H and O–H groups in total. The predicted molar refractivity (Wildman–Crippen MR) is 86.4 cm³/mol. The van der Waals surface area contributed by atoms with Gasteiger partial charge >= 0.3 is 0 Å². The van der Waals surface area contributed by atoms with Crippen LogP contribution in [-0.4, -0.2) is 10.5 Å². The number of aromatic nitrogens is 1. The quantitative estimate of drug-likeness (QED) is 0.724. The number of hydrogen-bond donors (Lipinski definition) is 0. The van der Waals surface area contributed by atoms with Crippen molar-refractivity contribution in [3.63, 3.8) is 0 Å². The molecular formula is C15H15BrN2OS. The van der Waals surface area contributed by atoms with Gasteiger partial charge in [0, 0.05) is 9.89 Å². The van der Waals surface area contributed by atoms with Gasteiger partial charge in [0.15, 0.2) is 4.80 Å². The van der Waals surface area contributed by atoms with Crippen molar-refractivity contribution in [1.29, 1.82) is 0 Å². The molecule has 5 heteroatoms. The molecule has 0 saturated carbocycles. The molecule has 3 nitrogen and oxygen atoms in total. The lowest BCUT2D eigenvalue weighted by molar-refractivity contribution is -0.125. The molecule has 2 aromatic rings. The molecule has 1 heterocycles. The molecule has 0 fully saturated rings. The molecule has 1 amide bonds. The topological polar surface area (TPSA) is 34.4 Å². The number of amides is 1. The summed E-state index contributed by atoms with van der Waals surface area (Å²) >= 11 is 4.92. The molecule has 0 radical (unpaired) electrons. The van der Waals surface area contributed by atoms with E-state index in [1.165, 1.54) is 11.3 Å². The van der Waals surface area contributed by atoms with Crippen LogP contribution in [0.1, 0.15) is 20.8 Å². The highest BCUT2D eigenvalue weighted by molar-refractivity contribution is 9.10. The first-order chi connectivity index (χ1) is 9.32. The van der Waals surface area contributed by atoms with E-state index in [1.807, 2.05) is 43.5 Å². The van der Waals surface area contributed by atoms with Crippen LogP contribution in [0.25, 0.3) is 10.2 Å². The summed E-state index contributed by atoms with van der Waals surface area (Å²) in [6, 6.07) is 5.94.